The lowest BCUT2D eigenvalue weighted by molar-refractivity contribution is 0.124. The normalized spacial score (nSPS) is 29.3. The molecule has 0 aromatic heterocycles. The molecule has 2 nitrogen and oxygen atoms in total. The monoisotopic (exact) mass is 184 g/mol. The summed E-state index contributed by atoms with van der Waals surface area (Å²) in [5, 5.41) is 0. The molecule has 2 rings (SSSR count). The van der Waals surface area contributed by atoms with Crippen LogP contribution in [0.4, 0.5) is 0 Å². The first kappa shape index (κ1) is 11.0. The summed E-state index contributed by atoms with van der Waals surface area (Å²) < 4.78 is 0. The fourth-order valence-electron chi connectivity index (χ4n) is 2.15. The summed E-state index contributed by atoms with van der Waals surface area (Å²) in [7, 11) is 2.23. The van der Waals surface area contributed by atoms with Gasteiger partial charge in [-0.3, -0.25) is 4.90 Å². The Balaban J connectivity index is 0.000000251. The van der Waals surface area contributed by atoms with Gasteiger partial charge in [-0.25, -0.2) is 0 Å². The zero-order valence-electron chi connectivity index (χ0n) is 9.42. The summed E-state index contributed by atoms with van der Waals surface area (Å²) in [5.41, 5.74) is 0. The van der Waals surface area contributed by atoms with Crippen molar-refractivity contribution in [2.24, 2.45) is 0 Å². The van der Waals surface area contributed by atoms with Gasteiger partial charge < -0.3 is 4.90 Å². The van der Waals surface area contributed by atoms with Crippen LogP contribution in [0, 0.1) is 0 Å². The lowest BCUT2D eigenvalue weighted by Crippen LogP contribution is -2.48. The van der Waals surface area contributed by atoms with E-state index < -0.39 is 0 Å². The first-order chi connectivity index (χ1) is 6.27. The lowest BCUT2D eigenvalue weighted by Gasteiger charge is -2.35. The summed E-state index contributed by atoms with van der Waals surface area (Å²) in [6, 6.07) is 0.902. The zero-order valence-corrected chi connectivity index (χ0v) is 9.42. The van der Waals surface area contributed by atoms with Crippen LogP contribution in [0.1, 0.15) is 33.1 Å². The molecule has 1 unspecified atom stereocenters. The van der Waals surface area contributed by atoms with Gasteiger partial charge in [-0.05, 0) is 26.4 Å². The molecule has 2 aliphatic rings. The van der Waals surface area contributed by atoms with Gasteiger partial charge in [-0.15, -0.1) is 0 Å². The summed E-state index contributed by atoms with van der Waals surface area (Å²) in [4.78, 5) is 5.09. The number of hydrogen-bond donors (Lipinski definition) is 0. The molecule has 0 amide bonds. The van der Waals surface area contributed by atoms with Crippen LogP contribution in [0.25, 0.3) is 0 Å². The average Bonchev–Trinajstić information content (AvgIpc) is 2.52. The van der Waals surface area contributed by atoms with Crippen LogP contribution in [-0.2, 0) is 0 Å². The molecule has 2 heteroatoms. The number of rotatable bonds is 0. The Labute approximate surface area is 82.9 Å². The number of nitrogens with zero attached hydrogens (tertiary/aromatic N) is 2. The standard InChI is InChI=1S/C8H16N2.C3H8/c1-9-5-6-10-4-2-3-8(10)7-9;1-3-2/h8H,2-7H2,1H3;3H2,1-2H3. The molecule has 13 heavy (non-hydrogen) atoms. The quantitative estimate of drug-likeness (QED) is 0.566. The molecule has 2 saturated heterocycles. The molecule has 0 radical (unpaired) electrons. The van der Waals surface area contributed by atoms with E-state index >= 15 is 0 Å². The highest BCUT2D eigenvalue weighted by atomic mass is 15.3. The van der Waals surface area contributed by atoms with Crippen molar-refractivity contribution in [2.45, 2.75) is 39.2 Å². The van der Waals surface area contributed by atoms with Crippen molar-refractivity contribution in [3.8, 4) is 0 Å². The zero-order chi connectivity index (χ0) is 9.68. The largest absolute Gasteiger partial charge is 0.304 e. The number of fused-ring (bicyclic) bond motifs is 1. The fraction of sp³-hybridized carbons (Fsp3) is 1.00. The molecule has 2 aliphatic heterocycles. The van der Waals surface area contributed by atoms with E-state index in [-0.39, 0.29) is 0 Å². The smallest absolute Gasteiger partial charge is 0.0224 e. The van der Waals surface area contributed by atoms with E-state index in [1.807, 2.05) is 0 Å². The molecule has 0 aromatic rings. The number of hydrogen-bond acceptors (Lipinski definition) is 2. The maximum atomic E-state index is 2.64. The Morgan fingerprint density at radius 2 is 1.85 bits per heavy atom. The van der Waals surface area contributed by atoms with E-state index in [9.17, 15) is 0 Å². The van der Waals surface area contributed by atoms with Crippen LogP contribution >= 0.6 is 0 Å². The fourth-order valence-corrected chi connectivity index (χ4v) is 2.15. The highest BCUT2D eigenvalue weighted by molar-refractivity contribution is 4.85. The van der Waals surface area contributed by atoms with Gasteiger partial charge >= 0.3 is 0 Å². The van der Waals surface area contributed by atoms with Crippen molar-refractivity contribution in [1.82, 2.24) is 9.80 Å². The minimum absolute atomic E-state index is 0.902. The molecular weight excluding hydrogens is 160 g/mol. The molecule has 2 fully saturated rings. The molecule has 1 atom stereocenters. The average molecular weight is 184 g/mol. The maximum Gasteiger partial charge on any atom is 0.0224 e. The first-order valence-corrected chi connectivity index (χ1v) is 5.70. The van der Waals surface area contributed by atoms with E-state index in [4.69, 9.17) is 0 Å². The Hall–Kier alpha value is -0.0800. The Kier molecular flexibility index (Phi) is 4.74. The molecule has 0 spiro atoms. The molecular formula is C11H24N2. The molecule has 0 bridgehead atoms. The summed E-state index contributed by atoms with van der Waals surface area (Å²) in [6.07, 6.45) is 4.11. The van der Waals surface area contributed by atoms with Crippen molar-refractivity contribution in [2.75, 3.05) is 33.2 Å². The van der Waals surface area contributed by atoms with Crippen LogP contribution in [0.5, 0.6) is 0 Å². The van der Waals surface area contributed by atoms with Gasteiger partial charge in [0.05, 0.1) is 0 Å². The van der Waals surface area contributed by atoms with E-state index in [1.165, 1.54) is 45.4 Å². The van der Waals surface area contributed by atoms with Crippen molar-refractivity contribution in [3.05, 3.63) is 0 Å². The third kappa shape index (κ3) is 3.28. The molecule has 0 saturated carbocycles. The second kappa shape index (κ2) is 5.61. The summed E-state index contributed by atoms with van der Waals surface area (Å²) >= 11 is 0. The first-order valence-electron chi connectivity index (χ1n) is 5.70. The van der Waals surface area contributed by atoms with Crippen LogP contribution in [0.2, 0.25) is 0 Å². The minimum Gasteiger partial charge on any atom is -0.304 e. The highest BCUT2D eigenvalue weighted by Crippen LogP contribution is 2.20. The van der Waals surface area contributed by atoms with Gasteiger partial charge in [0.15, 0.2) is 0 Å². The van der Waals surface area contributed by atoms with Gasteiger partial charge in [0.2, 0.25) is 0 Å². The van der Waals surface area contributed by atoms with Crippen molar-refractivity contribution < 1.29 is 0 Å². The van der Waals surface area contributed by atoms with Gasteiger partial charge in [0.25, 0.3) is 0 Å². The predicted molar refractivity (Wildman–Crippen MR) is 58.1 cm³/mol. The Bertz CT molecular complexity index is 136. The van der Waals surface area contributed by atoms with Crippen LogP contribution in [0.3, 0.4) is 0 Å². The predicted octanol–water partition coefficient (Wildman–Crippen LogP) is 1.81. The minimum atomic E-state index is 0.902. The second-order valence-corrected chi connectivity index (χ2v) is 4.30. The van der Waals surface area contributed by atoms with Crippen LogP contribution in [0.15, 0.2) is 0 Å². The Morgan fingerprint density at radius 1 is 1.15 bits per heavy atom. The number of likely N-dealkylation sites (N-methyl/N-ethyl adjacent to an activating group) is 1. The summed E-state index contributed by atoms with van der Waals surface area (Å²) in [5.74, 6) is 0. The van der Waals surface area contributed by atoms with Gasteiger partial charge in [-0.2, -0.15) is 0 Å². The third-order valence-corrected chi connectivity index (χ3v) is 2.79. The Morgan fingerprint density at radius 3 is 2.54 bits per heavy atom. The van der Waals surface area contributed by atoms with E-state index in [0.717, 1.165) is 6.04 Å². The molecule has 78 valence electrons. The van der Waals surface area contributed by atoms with Crippen LogP contribution in [-0.4, -0.2) is 49.1 Å². The van der Waals surface area contributed by atoms with E-state index in [1.54, 1.807) is 0 Å². The van der Waals surface area contributed by atoms with Crippen LogP contribution < -0.4 is 0 Å². The summed E-state index contributed by atoms with van der Waals surface area (Å²) in [6.45, 7) is 9.50. The molecule has 2 heterocycles. The topological polar surface area (TPSA) is 6.48 Å². The second-order valence-electron chi connectivity index (χ2n) is 4.30. The molecule has 0 N–H and O–H groups in total. The van der Waals surface area contributed by atoms with Gasteiger partial charge in [0, 0.05) is 25.7 Å². The van der Waals surface area contributed by atoms with Gasteiger partial charge in [0.1, 0.15) is 0 Å². The van der Waals surface area contributed by atoms with E-state index in [0.29, 0.717) is 0 Å². The van der Waals surface area contributed by atoms with Crippen molar-refractivity contribution >= 4 is 0 Å². The molecule has 0 aliphatic carbocycles. The third-order valence-electron chi connectivity index (χ3n) is 2.79. The van der Waals surface area contributed by atoms with Gasteiger partial charge in [-0.1, -0.05) is 20.3 Å². The molecule has 0 aromatic carbocycles. The number of piperazine rings is 1. The van der Waals surface area contributed by atoms with Crippen molar-refractivity contribution in [3.63, 3.8) is 0 Å². The van der Waals surface area contributed by atoms with E-state index in [2.05, 4.69) is 30.7 Å². The maximum absolute atomic E-state index is 2.64. The lowest BCUT2D eigenvalue weighted by atomic mass is 10.2. The highest BCUT2D eigenvalue weighted by Gasteiger charge is 2.28. The SMILES string of the molecule is CCC.CN1CCN2CCCC2C1. The van der Waals surface area contributed by atoms with Crippen molar-refractivity contribution in [1.29, 1.82) is 0 Å².